The Bertz CT molecular complexity index is 807. The molecule has 0 aromatic heterocycles. The lowest BCUT2D eigenvalue weighted by molar-refractivity contribution is 0.0985. The minimum Gasteiger partial charge on any atom is -0.507 e. The van der Waals surface area contributed by atoms with Crippen LogP contribution in [0.15, 0.2) is 42.5 Å². The number of ether oxygens (including phenoxy) is 1. The predicted molar refractivity (Wildman–Crippen MR) is 105 cm³/mol. The molecule has 0 aliphatic heterocycles. The van der Waals surface area contributed by atoms with Gasteiger partial charge in [-0.05, 0) is 28.7 Å². The summed E-state index contributed by atoms with van der Waals surface area (Å²) in [5.41, 5.74) is 2.40. The lowest BCUT2D eigenvalue weighted by Crippen LogP contribution is -2.24. The Balaban J connectivity index is 2.12. The van der Waals surface area contributed by atoms with Gasteiger partial charge in [-0.3, -0.25) is 4.79 Å². The van der Waals surface area contributed by atoms with Crippen molar-refractivity contribution in [3.8, 4) is 5.75 Å². The van der Waals surface area contributed by atoms with Crippen LogP contribution in [-0.2, 0) is 23.3 Å². The molecule has 1 amide bonds. The molecule has 0 saturated carbocycles. The molecule has 0 spiro atoms. The summed E-state index contributed by atoms with van der Waals surface area (Å²) in [5.74, 6) is -0.218. The number of phenols is 1. The average molecular weight is 369 g/mol. The average Bonchev–Trinajstić information content (AvgIpc) is 2.64. The van der Waals surface area contributed by atoms with Crippen LogP contribution in [0.4, 0.5) is 4.79 Å². The van der Waals surface area contributed by atoms with Gasteiger partial charge in [0, 0.05) is 18.5 Å². The first kappa shape index (κ1) is 20.5. The first-order valence-corrected chi connectivity index (χ1v) is 9.06. The summed E-state index contributed by atoms with van der Waals surface area (Å²) in [6, 6.07) is 12.9. The Morgan fingerprint density at radius 1 is 1.11 bits per heavy atom. The summed E-state index contributed by atoms with van der Waals surface area (Å²) >= 11 is 0. The SMILES string of the molecule is CCC(=O)c1cc(C(C)(C)C)cc(CNC(=O)OCc2ccccc2)c1O. The first-order valence-electron chi connectivity index (χ1n) is 9.06. The van der Waals surface area contributed by atoms with E-state index in [1.165, 1.54) is 0 Å². The van der Waals surface area contributed by atoms with Gasteiger partial charge in [0.25, 0.3) is 0 Å². The predicted octanol–water partition coefficient (Wildman–Crippen LogP) is 4.71. The quantitative estimate of drug-likeness (QED) is 0.723. The topological polar surface area (TPSA) is 75.6 Å². The Morgan fingerprint density at radius 3 is 2.37 bits per heavy atom. The number of carbonyl (C=O) groups excluding carboxylic acids is 2. The molecule has 0 aliphatic carbocycles. The summed E-state index contributed by atoms with van der Waals surface area (Å²) in [6.07, 6.45) is -0.282. The normalized spacial score (nSPS) is 11.1. The number of benzene rings is 2. The second kappa shape index (κ2) is 8.71. The Morgan fingerprint density at radius 2 is 1.78 bits per heavy atom. The van der Waals surface area contributed by atoms with Crippen molar-refractivity contribution in [2.45, 2.75) is 52.7 Å². The number of nitrogens with one attached hydrogen (secondary N) is 1. The molecule has 0 bridgehead atoms. The number of rotatable bonds is 6. The van der Waals surface area contributed by atoms with E-state index in [2.05, 4.69) is 5.32 Å². The van der Waals surface area contributed by atoms with E-state index in [1.54, 1.807) is 13.0 Å². The zero-order chi connectivity index (χ0) is 20.0. The number of carbonyl (C=O) groups is 2. The molecule has 0 atom stereocenters. The maximum atomic E-state index is 12.2. The third-order valence-corrected chi connectivity index (χ3v) is 4.31. The number of ketones is 1. The lowest BCUT2D eigenvalue weighted by atomic mass is 9.84. The van der Waals surface area contributed by atoms with Crippen LogP contribution >= 0.6 is 0 Å². The summed E-state index contributed by atoms with van der Waals surface area (Å²) in [4.78, 5) is 24.2. The van der Waals surface area contributed by atoms with Crippen LogP contribution in [0.1, 0.15) is 61.2 Å². The van der Waals surface area contributed by atoms with Crippen LogP contribution in [0.2, 0.25) is 0 Å². The van der Waals surface area contributed by atoms with E-state index >= 15 is 0 Å². The highest BCUT2D eigenvalue weighted by atomic mass is 16.5. The van der Waals surface area contributed by atoms with E-state index in [0.717, 1.165) is 11.1 Å². The van der Waals surface area contributed by atoms with E-state index in [9.17, 15) is 14.7 Å². The van der Waals surface area contributed by atoms with Gasteiger partial charge in [0.15, 0.2) is 5.78 Å². The van der Waals surface area contributed by atoms with Crippen molar-refractivity contribution in [3.05, 3.63) is 64.7 Å². The molecule has 2 rings (SSSR count). The highest BCUT2D eigenvalue weighted by Gasteiger charge is 2.21. The van der Waals surface area contributed by atoms with Crippen molar-refractivity contribution in [2.75, 3.05) is 0 Å². The summed E-state index contributed by atoms with van der Waals surface area (Å²) in [5, 5.41) is 13.1. The van der Waals surface area contributed by atoms with Crippen LogP contribution in [0.5, 0.6) is 5.75 Å². The monoisotopic (exact) mass is 369 g/mol. The second-order valence-corrected chi connectivity index (χ2v) is 7.47. The van der Waals surface area contributed by atoms with E-state index in [-0.39, 0.29) is 30.1 Å². The third kappa shape index (κ3) is 5.58. The van der Waals surface area contributed by atoms with Gasteiger partial charge in [0.2, 0.25) is 0 Å². The molecule has 144 valence electrons. The van der Waals surface area contributed by atoms with Crippen molar-refractivity contribution in [1.82, 2.24) is 5.32 Å². The van der Waals surface area contributed by atoms with E-state index < -0.39 is 6.09 Å². The number of hydrogen-bond donors (Lipinski definition) is 2. The molecular weight excluding hydrogens is 342 g/mol. The lowest BCUT2D eigenvalue weighted by Gasteiger charge is -2.22. The van der Waals surface area contributed by atoms with E-state index in [1.807, 2.05) is 57.2 Å². The van der Waals surface area contributed by atoms with E-state index in [4.69, 9.17) is 4.74 Å². The van der Waals surface area contributed by atoms with E-state index in [0.29, 0.717) is 17.5 Å². The van der Waals surface area contributed by atoms with Gasteiger partial charge in [-0.25, -0.2) is 4.79 Å². The fraction of sp³-hybridized carbons (Fsp3) is 0.364. The van der Waals surface area contributed by atoms with Crippen LogP contribution in [0, 0.1) is 0 Å². The summed E-state index contributed by atoms with van der Waals surface area (Å²) in [7, 11) is 0. The summed E-state index contributed by atoms with van der Waals surface area (Å²) < 4.78 is 5.19. The molecule has 27 heavy (non-hydrogen) atoms. The van der Waals surface area contributed by atoms with Gasteiger partial charge in [0.1, 0.15) is 12.4 Å². The van der Waals surface area contributed by atoms with Gasteiger partial charge in [0.05, 0.1) is 5.56 Å². The maximum Gasteiger partial charge on any atom is 0.407 e. The number of aromatic hydroxyl groups is 1. The molecule has 2 aromatic carbocycles. The fourth-order valence-corrected chi connectivity index (χ4v) is 2.61. The van der Waals surface area contributed by atoms with Gasteiger partial charge in [-0.2, -0.15) is 0 Å². The van der Waals surface area contributed by atoms with Crippen molar-refractivity contribution >= 4 is 11.9 Å². The molecular formula is C22H27NO4. The molecule has 0 saturated heterocycles. The minimum absolute atomic E-state index is 0.0768. The van der Waals surface area contributed by atoms with Gasteiger partial charge in [-0.1, -0.05) is 58.0 Å². The Hall–Kier alpha value is -2.82. The fourth-order valence-electron chi connectivity index (χ4n) is 2.61. The molecule has 2 N–H and O–H groups in total. The van der Waals surface area contributed by atoms with Crippen LogP contribution in [0.3, 0.4) is 0 Å². The number of amides is 1. The van der Waals surface area contributed by atoms with Crippen molar-refractivity contribution in [1.29, 1.82) is 0 Å². The molecule has 0 radical (unpaired) electrons. The zero-order valence-corrected chi connectivity index (χ0v) is 16.3. The Labute approximate surface area is 160 Å². The van der Waals surface area contributed by atoms with Crippen LogP contribution in [-0.4, -0.2) is 17.0 Å². The van der Waals surface area contributed by atoms with Gasteiger partial charge >= 0.3 is 6.09 Å². The molecule has 0 fully saturated rings. The van der Waals surface area contributed by atoms with Gasteiger partial charge < -0.3 is 15.2 Å². The molecule has 0 aliphatic rings. The van der Waals surface area contributed by atoms with Crippen molar-refractivity contribution in [2.24, 2.45) is 0 Å². The highest BCUT2D eigenvalue weighted by Crippen LogP contribution is 2.32. The maximum absolute atomic E-state index is 12.2. The zero-order valence-electron chi connectivity index (χ0n) is 16.3. The Kier molecular flexibility index (Phi) is 6.61. The molecule has 2 aromatic rings. The van der Waals surface area contributed by atoms with Crippen LogP contribution in [0.25, 0.3) is 0 Å². The highest BCUT2D eigenvalue weighted by molar-refractivity contribution is 5.99. The number of hydrogen-bond acceptors (Lipinski definition) is 4. The molecule has 0 unspecified atom stereocenters. The smallest absolute Gasteiger partial charge is 0.407 e. The molecule has 5 nitrogen and oxygen atoms in total. The van der Waals surface area contributed by atoms with Crippen LogP contribution < -0.4 is 5.32 Å². The second-order valence-electron chi connectivity index (χ2n) is 7.47. The minimum atomic E-state index is -0.581. The number of Topliss-reactive ketones (excluding diaryl/α,β-unsaturated/α-hetero) is 1. The summed E-state index contributed by atoms with van der Waals surface area (Å²) in [6.45, 7) is 8.10. The third-order valence-electron chi connectivity index (χ3n) is 4.31. The molecule has 0 heterocycles. The first-order chi connectivity index (χ1) is 12.7. The van der Waals surface area contributed by atoms with Crippen molar-refractivity contribution in [3.63, 3.8) is 0 Å². The largest absolute Gasteiger partial charge is 0.507 e. The van der Waals surface area contributed by atoms with Crippen molar-refractivity contribution < 1.29 is 19.4 Å². The molecule has 5 heteroatoms. The number of phenolic OH excluding ortho intramolecular Hbond substituents is 1. The number of alkyl carbamates (subject to hydrolysis) is 1. The standard InChI is InChI=1S/C22H27NO4/c1-5-19(24)18-12-17(22(2,3)4)11-16(20(18)25)13-23-21(26)27-14-15-9-7-6-8-10-15/h6-12,25H,5,13-14H2,1-4H3,(H,23,26). The van der Waals surface area contributed by atoms with Gasteiger partial charge in [-0.15, -0.1) is 0 Å².